The molecule has 0 aliphatic carbocycles. The van der Waals surface area contributed by atoms with Crippen molar-refractivity contribution in [3.8, 4) is 6.07 Å². The molecule has 3 nitrogen and oxygen atoms in total. The maximum atomic E-state index is 13.1. The number of hydrogen-bond acceptors (Lipinski definition) is 3. The first kappa shape index (κ1) is 12.9. The first-order valence-electron chi connectivity index (χ1n) is 5.86. The molecule has 0 heterocycles. The van der Waals surface area contributed by atoms with E-state index in [0.717, 1.165) is 11.3 Å². The number of nitriles is 1. The Morgan fingerprint density at radius 3 is 2.68 bits per heavy atom. The van der Waals surface area contributed by atoms with Crippen LogP contribution in [0.3, 0.4) is 0 Å². The Bertz CT molecular complexity index is 632. The van der Waals surface area contributed by atoms with Crippen LogP contribution in [0.5, 0.6) is 0 Å². The fraction of sp³-hybridized carbons (Fsp3) is 0.133. The molecule has 0 fully saturated rings. The molecule has 2 aromatic rings. The molecule has 0 saturated heterocycles. The zero-order valence-electron chi connectivity index (χ0n) is 10.6. The molecule has 0 radical (unpaired) electrons. The predicted octanol–water partition coefficient (Wildman–Crippen LogP) is 2.92. The summed E-state index contributed by atoms with van der Waals surface area (Å²) in [6.07, 6.45) is 0. The largest absolute Gasteiger partial charge is 0.396 e. The molecule has 0 spiro atoms. The van der Waals surface area contributed by atoms with Gasteiger partial charge in [-0.25, -0.2) is 4.39 Å². The molecule has 96 valence electrons. The number of rotatable bonds is 3. The van der Waals surface area contributed by atoms with Crippen LogP contribution in [0.15, 0.2) is 42.5 Å². The minimum Gasteiger partial charge on any atom is -0.396 e. The molecule has 2 aromatic carbocycles. The Labute approximate surface area is 111 Å². The zero-order valence-corrected chi connectivity index (χ0v) is 10.6. The third-order valence-corrected chi connectivity index (χ3v) is 2.92. The molecule has 0 bridgehead atoms. The van der Waals surface area contributed by atoms with Crippen LogP contribution in [0.4, 0.5) is 15.8 Å². The van der Waals surface area contributed by atoms with Gasteiger partial charge in [0, 0.05) is 13.6 Å². The van der Waals surface area contributed by atoms with Crippen LogP contribution in [-0.2, 0) is 6.54 Å². The summed E-state index contributed by atoms with van der Waals surface area (Å²) in [5, 5.41) is 8.95. The number of benzene rings is 2. The summed E-state index contributed by atoms with van der Waals surface area (Å²) >= 11 is 0. The first-order chi connectivity index (χ1) is 9.11. The average Bonchev–Trinajstić information content (AvgIpc) is 2.39. The fourth-order valence-electron chi connectivity index (χ4n) is 1.98. The molecule has 0 saturated carbocycles. The summed E-state index contributed by atoms with van der Waals surface area (Å²) in [5.74, 6) is -0.260. The van der Waals surface area contributed by atoms with Gasteiger partial charge in [-0.05, 0) is 29.8 Å². The number of halogens is 1. The second-order valence-electron chi connectivity index (χ2n) is 4.34. The summed E-state index contributed by atoms with van der Waals surface area (Å²) in [6, 6.07) is 13.8. The number of nitrogens with zero attached hydrogens (tertiary/aromatic N) is 2. The van der Waals surface area contributed by atoms with E-state index in [0.29, 0.717) is 17.8 Å². The first-order valence-corrected chi connectivity index (χ1v) is 5.86. The summed E-state index contributed by atoms with van der Waals surface area (Å²) in [6.45, 7) is 0.525. The van der Waals surface area contributed by atoms with E-state index in [1.807, 2.05) is 24.1 Å². The van der Waals surface area contributed by atoms with Gasteiger partial charge in [-0.2, -0.15) is 5.26 Å². The quantitative estimate of drug-likeness (QED) is 0.858. The van der Waals surface area contributed by atoms with Crippen molar-refractivity contribution in [3.05, 3.63) is 59.4 Å². The lowest BCUT2D eigenvalue weighted by atomic mass is 10.1. The second-order valence-corrected chi connectivity index (χ2v) is 4.34. The van der Waals surface area contributed by atoms with E-state index in [1.165, 1.54) is 12.1 Å². The molecule has 0 amide bonds. The van der Waals surface area contributed by atoms with E-state index < -0.39 is 0 Å². The van der Waals surface area contributed by atoms with Crippen molar-refractivity contribution >= 4 is 11.4 Å². The van der Waals surface area contributed by atoms with Gasteiger partial charge < -0.3 is 10.6 Å². The van der Waals surface area contributed by atoms with Gasteiger partial charge in [0.1, 0.15) is 11.9 Å². The van der Waals surface area contributed by atoms with E-state index in [1.54, 1.807) is 18.2 Å². The van der Waals surface area contributed by atoms with Crippen LogP contribution in [0.2, 0.25) is 0 Å². The molecule has 0 aliphatic rings. The smallest absolute Gasteiger partial charge is 0.123 e. The van der Waals surface area contributed by atoms with Gasteiger partial charge in [0.2, 0.25) is 0 Å². The molecule has 0 unspecified atom stereocenters. The van der Waals surface area contributed by atoms with Gasteiger partial charge in [-0.3, -0.25) is 0 Å². The third kappa shape index (κ3) is 2.83. The molecule has 2 rings (SSSR count). The van der Waals surface area contributed by atoms with Crippen molar-refractivity contribution in [2.75, 3.05) is 17.7 Å². The molecule has 4 heteroatoms. The van der Waals surface area contributed by atoms with Crippen molar-refractivity contribution < 1.29 is 4.39 Å². The summed E-state index contributed by atoms with van der Waals surface area (Å²) in [5.41, 5.74) is 8.45. The molecular formula is C15H14FN3. The van der Waals surface area contributed by atoms with Crippen molar-refractivity contribution in [1.82, 2.24) is 0 Å². The van der Waals surface area contributed by atoms with E-state index in [9.17, 15) is 4.39 Å². The van der Waals surface area contributed by atoms with E-state index >= 15 is 0 Å². The van der Waals surface area contributed by atoms with Crippen LogP contribution in [-0.4, -0.2) is 7.05 Å². The zero-order chi connectivity index (χ0) is 13.8. The summed E-state index contributed by atoms with van der Waals surface area (Å²) < 4.78 is 13.1. The van der Waals surface area contributed by atoms with Gasteiger partial charge >= 0.3 is 0 Å². The third-order valence-electron chi connectivity index (χ3n) is 2.92. The minimum absolute atomic E-state index is 0.260. The number of nitrogens with two attached hydrogens (primary N) is 1. The van der Waals surface area contributed by atoms with Crippen molar-refractivity contribution in [2.45, 2.75) is 6.54 Å². The highest BCUT2D eigenvalue weighted by Crippen LogP contribution is 2.26. The van der Waals surface area contributed by atoms with Gasteiger partial charge in [-0.1, -0.05) is 18.2 Å². The lowest BCUT2D eigenvalue weighted by Gasteiger charge is -2.21. The summed E-state index contributed by atoms with van der Waals surface area (Å²) in [4.78, 5) is 1.89. The monoisotopic (exact) mass is 255 g/mol. The van der Waals surface area contributed by atoms with E-state index in [-0.39, 0.29) is 5.82 Å². The van der Waals surface area contributed by atoms with Gasteiger partial charge in [0.15, 0.2) is 0 Å². The molecule has 0 atom stereocenters. The van der Waals surface area contributed by atoms with Crippen molar-refractivity contribution in [3.63, 3.8) is 0 Å². The van der Waals surface area contributed by atoms with Gasteiger partial charge in [0.05, 0.1) is 16.9 Å². The highest BCUT2D eigenvalue weighted by molar-refractivity contribution is 5.73. The van der Waals surface area contributed by atoms with E-state index in [2.05, 4.69) is 6.07 Å². The standard InChI is InChI=1S/C15H14FN3/c1-19(10-11-4-2-6-13(16)8-11)14-7-3-5-12(9-17)15(14)18/h2-8H,10,18H2,1H3. The number of anilines is 2. The molecule has 19 heavy (non-hydrogen) atoms. The molecule has 0 aromatic heterocycles. The number of hydrogen-bond donors (Lipinski definition) is 1. The number of para-hydroxylation sites is 1. The minimum atomic E-state index is -0.260. The summed E-state index contributed by atoms with van der Waals surface area (Å²) in [7, 11) is 1.86. The van der Waals surface area contributed by atoms with Crippen LogP contribution < -0.4 is 10.6 Å². The van der Waals surface area contributed by atoms with Crippen LogP contribution in [0, 0.1) is 17.1 Å². The van der Waals surface area contributed by atoms with E-state index in [4.69, 9.17) is 11.0 Å². The fourth-order valence-corrected chi connectivity index (χ4v) is 1.98. The predicted molar refractivity (Wildman–Crippen MR) is 74.1 cm³/mol. The average molecular weight is 255 g/mol. The van der Waals surface area contributed by atoms with Crippen molar-refractivity contribution in [1.29, 1.82) is 5.26 Å². The Hall–Kier alpha value is -2.54. The second kappa shape index (κ2) is 5.40. The van der Waals surface area contributed by atoms with Gasteiger partial charge in [-0.15, -0.1) is 0 Å². The van der Waals surface area contributed by atoms with Crippen LogP contribution in [0.25, 0.3) is 0 Å². The maximum absolute atomic E-state index is 13.1. The van der Waals surface area contributed by atoms with Crippen LogP contribution >= 0.6 is 0 Å². The topological polar surface area (TPSA) is 53.0 Å². The highest BCUT2D eigenvalue weighted by Gasteiger charge is 2.09. The highest BCUT2D eigenvalue weighted by atomic mass is 19.1. The number of nitrogen functional groups attached to an aromatic ring is 1. The molecule has 0 aliphatic heterocycles. The Morgan fingerprint density at radius 2 is 2.00 bits per heavy atom. The Balaban J connectivity index is 2.26. The van der Waals surface area contributed by atoms with Gasteiger partial charge in [0.25, 0.3) is 0 Å². The van der Waals surface area contributed by atoms with Crippen LogP contribution in [0.1, 0.15) is 11.1 Å². The molecule has 2 N–H and O–H groups in total. The van der Waals surface area contributed by atoms with Crippen molar-refractivity contribution in [2.24, 2.45) is 0 Å². The lowest BCUT2D eigenvalue weighted by Crippen LogP contribution is -2.18. The normalized spacial score (nSPS) is 9.95. The Morgan fingerprint density at radius 1 is 1.26 bits per heavy atom. The molecular weight excluding hydrogens is 241 g/mol. The lowest BCUT2D eigenvalue weighted by molar-refractivity contribution is 0.625. The SMILES string of the molecule is CN(Cc1cccc(F)c1)c1cccc(C#N)c1N. The maximum Gasteiger partial charge on any atom is 0.123 e. The Kier molecular flexibility index (Phi) is 3.67.